The van der Waals surface area contributed by atoms with E-state index in [4.69, 9.17) is 10.2 Å². The van der Waals surface area contributed by atoms with Crippen molar-refractivity contribution in [2.75, 3.05) is 0 Å². The molecule has 0 radical (unpaired) electrons. The zero-order chi connectivity index (χ0) is 12.5. The van der Waals surface area contributed by atoms with Gasteiger partial charge in [0.15, 0.2) is 0 Å². The van der Waals surface area contributed by atoms with Crippen molar-refractivity contribution in [3.8, 4) is 0 Å². The molecule has 2 N–H and O–H groups in total. The zero-order valence-corrected chi connectivity index (χ0v) is 8.39. The van der Waals surface area contributed by atoms with E-state index in [1.54, 1.807) is 0 Å². The Bertz CT molecular complexity index is 558. The summed E-state index contributed by atoms with van der Waals surface area (Å²) in [6, 6.07) is 2.13. The number of carbonyl (C=O) groups is 2. The van der Waals surface area contributed by atoms with E-state index in [-0.39, 0.29) is 0 Å². The van der Waals surface area contributed by atoms with Crippen LogP contribution >= 0.6 is 0 Å². The van der Waals surface area contributed by atoms with Crippen molar-refractivity contribution in [3.05, 3.63) is 29.3 Å². The summed E-state index contributed by atoms with van der Waals surface area (Å²) in [5.41, 5.74) is -1.26. The number of aromatic carboxylic acids is 2. The molecule has 0 heterocycles. The van der Waals surface area contributed by atoms with E-state index >= 15 is 0 Å². The van der Waals surface area contributed by atoms with Crippen LogP contribution in [0.1, 0.15) is 20.7 Å². The monoisotopic (exact) mass is 245 g/mol. The van der Waals surface area contributed by atoms with Crippen LogP contribution in [0.25, 0.3) is 0 Å². The Hall–Kier alpha value is -1.93. The molecule has 0 aliphatic rings. The Morgan fingerprint density at radius 1 is 1.12 bits per heavy atom. The molecule has 7 nitrogen and oxygen atoms in total. The molecule has 0 atom stereocenters. The lowest BCUT2D eigenvalue weighted by Gasteiger charge is -2.10. The zero-order valence-electron chi connectivity index (χ0n) is 7.58. The second kappa shape index (κ2) is 3.91. The highest BCUT2D eigenvalue weighted by molar-refractivity contribution is 7.85. The second-order valence-corrected chi connectivity index (χ2v) is 4.12. The van der Waals surface area contributed by atoms with E-state index in [0.717, 1.165) is 6.07 Å². The first-order chi connectivity index (χ1) is 7.23. The van der Waals surface area contributed by atoms with Gasteiger partial charge in [0, 0.05) is 0 Å². The average molecular weight is 245 g/mol. The summed E-state index contributed by atoms with van der Waals surface area (Å²) in [5.74, 6) is -3.10. The van der Waals surface area contributed by atoms with E-state index < -0.39 is 38.1 Å². The second-order valence-electron chi connectivity index (χ2n) is 2.78. The van der Waals surface area contributed by atoms with Crippen LogP contribution < -0.4 is 0 Å². The molecule has 0 bridgehead atoms. The first kappa shape index (κ1) is 12.1. The van der Waals surface area contributed by atoms with Crippen LogP contribution in [-0.2, 0) is 10.1 Å². The highest BCUT2D eigenvalue weighted by atomic mass is 32.2. The number of carboxylic acid groups (broad SMARTS) is 2. The van der Waals surface area contributed by atoms with E-state index in [0.29, 0.717) is 12.1 Å². The van der Waals surface area contributed by atoms with E-state index in [9.17, 15) is 22.6 Å². The molecule has 0 saturated carbocycles. The van der Waals surface area contributed by atoms with Crippen LogP contribution in [0.2, 0.25) is 0 Å². The molecule has 16 heavy (non-hydrogen) atoms. The smallest absolute Gasteiger partial charge is 0.337 e. The van der Waals surface area contributed by atoms with Gasteiger partial charge in [0.05, 0.1) is 16.0 Å². The number of hydrogen-bond acceptors (Lipinski definition) is 5. The lowest BCUT2D eigenvalue weighted by molar-refractivity contribution is 0.0692. The third kappa shape index (κ3) is 2.35. The fourth-order valence-electron chi connectivity index (χ4n) is 1.05. The van der Waals surface area contributed by atoms with Gasteiger partial charge in [-0.1, -0.05) is 0 Å². The van der Waals surface area contributed by atoms with E-state index in [1.165, 1.54) is 0 Å². The van der Waals surface area contributed by atoms with Crippen LogP contribution in [0.3, 0.4) is 0 Å². The molecule has 8 heteroatoms. The Morgan fingerprint density at radius 2 is 1.69 bits per heavy atom. The van der Waals surface area contributed by atoms with Crippen LogP contribution in [0, 0.1) is 0 Å². The Labute approximate surface area is 89.7 Å². The molecular weight excluding hydrogens is 240 g/mol. The van der Waals surface area contributed by atoms with Gasteiger partial charge in [-0.25, -0.2) is 18.0 Å². The Morgan fingerprint density at radius 3 is 2.06 bits per heavy atom. The largest absolute Gasteiger partial charge is 0.744 e. The molecule has 0 fully saturated rings. The van der Waals surface area contributed by atoms with Gasteiger partial charge in [-0.2, -0.15) is 0 Å². The van der Waals surface area contributed by atoms with Gasteiger partial charge in [0.25, 0.3) is 0 Å². The molecule has 0 spiro atoms. The molecule has 0 aliphatic carbocycles. The third-order valence-electron chi connectivity index (χ3n) is 1.73. The standard InChI is InChI=1S/C8H6O7S/c9-7(10)4-1-2-6(16(13,14)15)5(3-4)8(11)12/h1-3H,(H,9,10)(H,11,12)(H,13,14,15)/p-1. The molecular formula is C8H5O7S-. The van der Waals surface area contributed by atoms with Crippen LogP contribution in [0.4, 0.5) is 0 Å². The Kier molecular flexibility index (Phi) is 2.97. The quantitative estimate of drug-likeness (QED) is 0.715. The highest BCUT2D eigenvalue weighted by Gasteiger charge is 2.17. The molecule has 86 valence electrons. The summed E-state index contributed by atoms with van der Waals surface area (Å²) < 4.78 is 32.0. The minimum absolute atomic E-state index is 0.412. The third-order valence-corrected chi connectivity index (χ3v) is 2.62. The van der Waals surface area contributed by atoms with Crippen LogP contribution in [0.15, 0.2) is 23.1 Å². The van der Waals surface area contributed by atoms with Crippen molar-refractivity contribution < 1.29 is 32.8 Å². The molecule has 1 rings (SSSR count). The lowest BCUT2D eigenvalue weighted by Crippen LogP contribution is -2.10. The van der Waals surface area contributed by atoms with Crippen LogP contribution in [0.5, 0.6) is 0 Å². The maximum Gasteiger partial charge on any atom is 0.337 e. The van der Waals surface area contributed by atoms with Crippen molar-refractivity contribution in [2.45, 2.75) is 4.90 Å². The summed E-state index contributed by atoms with van der Waals surface area (Å²) >= 11 is 0. The fraction of sp³-hybridized carbons (Fsp3) is 0. The van der Waals surface area contributed by atoms with Gasteiger partial charge in [-0.05, 0) is 18.2 Å². The fourth-order valence-corrected chi connectivity index (χ4v) is 1.70. The average Bonchev–Trinajstić information content (AvgIpc) is 2.15. The molecule has 0 aromatic heterocycles. The minimum Gasteiger partial charge on any atom is -0.744 e. The summed E-state index contributed by atoms with van der Waals surface area (Å²) in [4.78, 5) is 20.2. The summed E-state index contributed by atoms with van der Waals surface area (Å²) in [6.45, 7) is 0. The van der Waals surface area contributed by atoms with Crippen molar-refractivity contribution in [1.82, 2.24) is 0 Å². The minimum atomic E-state index is -4.94. The molecule has 0 unspecified atom stereocenters. The topological polar surface area (TPSA) is 132 Å². The van der Waals surface area contributed by atoms with Gasteiger partial charge < -0.3 is 14.8 Å². The SMILES string of the molecule is O=C(O)c1ccc(S(=O)(=O)[O-])c(C(=O)O)c1. The lowest BCUT2D eigenvalue weighted by atomic mass is 10.1. The van der Waals surface area contributed by atoms with E-state index in [1.807, 2.05) is 0 Å². The number of hydrogen-bond donors (Lipinski definition) is 2. The van der Waals surface area contributed by atoms with Crippen LogP contribution in [-0.4, -0.2) is 35.1 Å². The summed E-state index contributed by atoms with van der Waals surface area (Å²) in [7, 11) is -4.94. The number of benzene rings is 1. The van der Waals surface area contributed by atoms with Gasteiger partial charge in [-0.15, -0.1) is 0 Å². The van der Waals surface area contributed by atoms with E-state index in [2.05, 4.69) is 0 Å². The highest BCUT2D eigenvalue weighted by Crippen LogP contribution is 2.17. The van der Waals surface area contributed by atoms with Crippen molar-refractivity contribution in [3.63, 3.8) is 0 Å². The van der Waals surface area contributed by atoms with Gasteiger partial charge in [-0.3, -0.25) is 0 Å². The van der Waals surface area contributed by atoms with Crippen molar-refractivity contribution in [1.29, 1.82) is 0 Å². The molecule has 1 aromatic carbocycles. The Balaban J connectivity index is 3.55. The molecule has 0 aliphatic heterocycles. The molecule has 1 aromatic rings. The predicted molar refractivity (Wildman–Crippen MR) is 48.3 cm³/mol. The summed E-state index contributed by atoms with van der Waals surface area (Å²) in [6.07, 6.45) is 0. The normalized spacial score (nSPS) is 11.1. The van der Waals surface area contributed by atoms with Gasteiger partial charge >= 0.3 is 11.9 Å². The first-order valence-corrected chi connectivity index (χ1v) is 5.21. The molecule has 0 saturated heterocycles. The maximum atomic E-state index is 10.7. The predicted octanol–water partition coefficient (Wildman–Crippen LogP) is -0.0129. The van der Waals surface area contributed by atoms with Gasteiger partial charge in [0.2, 0.25) is 0 Å². The number of carboxylic acids is 2. The summed E-state index contributed by atoms with van der Waals surface area (Å²) in [5, 5.41) is 17.2. The van der Waals surface area contributed by atoms with Crippen molar-refractivity contribution >= 4 is 22.1 Å². The number of rotatable bonds is 3. The first-order valence-electron chi connectivity index (χ1n) is 3.80. The maximum absolute atomic E-state index is 10.7. The molecule has 0 amide bonds. The van der Waals surface area contributed by atoms with Crippen molar-refractivity contribution in [2.24, 2.45) is 0 Å². The van der Waals surface area contributed by atoms with Gasteiger partial charge in [0.1, 0.15) is 10.1 Å².